The fourth-order valence-corrected chi connectivity index (χ4v) is 7.61. The van der Waals surface area contributed by atoms with Crippen LogP contribution in [0.3, 0.4) is 0 Å². The van der Waals surface area contributed by atoms with E-state index in [-0.39, 0.29) is 0 Å². The molecule has 50 heavy (non-hydrogen) atoms. The topological polar surface area (TPSA) is 56.2 Å². The van der Waals surface area contributed by atoms with E-state index in [9.17, 15) is 0 Å². The Kier molecular flexibility index (Phi) is 5.60. The van der Waals surface area contributed by atoms with Gasteiger partial charge in [-0.2, -0.15) is 0 Å². The molecule has 0 aliphatic rings. The van der Waals surface area contributed by atoms with Gasteiger partial charge in [0.15, 0.2) is 22.7 Å². The lowest BCUT2D eigenvalue weighted by Crippen LogP contribution is -1.94. The van der Waals surface area contributed by atoms with Crippen LogP contribution in [-0.4, -0.2) is 19.4 Å². The van der Waals surface area contributed by atoms with E-state index in [1.165, 1.54) is 10.9 Å². The Hall–Kier alpha value is -6.85. The molecule has 0 unspecified atom stereocenters. The molecule has 0 radical (unpaired) electrons. The van der Waals surface area contributed by atoms with Crippen LogP contribution in [0.15, 0.2) is 162 Å². The van der Waals surface area contributed by atoms with Gasteiger partial charge in [-0.25, -0.2) is 15.0 Å². The second kappa shape index (κ2) is 10.3. The number of rotatable bonds is 2. The van der Waals surface area contributed by atoms with E-state index >= 15 is 0 Å². The lowest BCUT2D eigenvalue weighted by Gasteiger charge is -2.06. The van der Waals surface area contributed by atoms with Crippen molar-refractivity contribution in [3.8, 4) is 22.5 Å². The van der Waals surface area contributed by atoms with Gasteiger partial charge in [0, 0.05) is 38.0 Å². The Bertz CT molecular complexity index is 3190. The molecule has 5 heteroatoms. The molecule has 232 valence electrons. The van der Waals surface area contributed by atoms with Crippen LogP contribution in [0.5, 0.6) is 0 Å². The van der Waals surface area contributed by atoms with Gasteiger partial charge in [-0.1, -0.05) is 121 Å². The quantitative estimate of drug-likeness (QED) is 0.189. The Morgan fingerprint density at radius 3 is 1.94 bits per heavy atom. The average molecular weight is 639 g/mol. The minimum Gasteiger partial charge on any atom is -0.453 e. The van der Waals surface area contributed by atoms with Gasteiger partial charge in [0.2, 0.25) is 0 Å². The first-order chi connectivity index (χ1) is 24.8. The first kappa shape index (κ1) is 27.1. The number of nitrogens with zero attached hydrogens (tertiary/aromatic N) is 4. The third-order valence-electron chi connectivity index (χ3n) is 9.98. The fraction of sp³-hybridized carbons (Fsp3) is 0. The molecule has 8 bridgehead atoms. The molecule has 4 aromatic heterocycles. The van der Waals surface area contributed by atoms with Crippen molar-refractivity contribution in [2.45, 2.75) is 0 Å². The Labute approximate surface area is 285 Å². The zero-order valence-corrected chi connectivity index (χ0v) is 26.7. The summed E-state index contributed by atoms with van der Waals surface area (Å²) >= 11 is 0. The van der Waals surface area contributed by atoms with Crippen molar-refractivity contribution < 1.29 is 4.42 Å². The van der Waals surface area contributed by atoms with Crippen molar-refractivity contribution >= 4 is 82.1 Å². The van der Waals surface area contributed by atoms with Crippen LogP contribution in [0.1, 0.15) is 0 Å². The monoisotopic (exact) mass is 638 g/mol. The van der Waals surface area contributed by atoms with E-state index in [4.69, 9.17) is 19.4 Å². The summed E-state index contributed by atoms with van der Waals surface area (Å²) in [7, 11) is 0. The van der Waals surface area contributed by atoms with Crippen LogP contribution in [0.25, 0.3) is 105 Å². The van der Waals surface area contributed by atoms with E-state index in [0.29, 0.717) is 17.1 Å². The molecule has 0 aliphatic carbocycles. The predicted molar refractivity (Wildman–Crippen MR) is 205 cm³/mol. The summed E-state index contributed by atoms with van der Waals surface area (Å²) in [5.41, 5.74) is 9.24. The maximum absolute atomic E-state index is 7.00. The normalized spacial score (nSPS) is 12.0. The molecule has 11 aromatic rings. The van der Waals surface area contributed by atoms with Crippen molar-refractivity contribution in [1.82, 2.24) is 19.4 Å². The zero-order chi connectivity index (χ0) is 32.8. The number of fused-ring (bicyclic) bond motifs is 14. The van der Waals surface area contributed by atoms with Crippen molar-refractivity contribution in [2.24, 2.45) is 0 Å². The number of benzene rings is 7. The van der Waals surface area contributed by atoms with E-state index in [2.05, 4.69) is 156 Å². The maximum Gasteiger partial charge on any atom is 0.167 e. The van der Waals surface area contributed by atoms with Gasteiger partial charge in [0.1, 0.15) is 5.58 Å². The Morgan fingerprint density at radius 2 is 1.04 bits per heavy atom. The number of aromatic nitrogens is 4. The molecule has 4 heterocycles. The average Bonchev–Trinajstić information content (AvgIpc) is 3.74. The van der Waals surface area contributed by atoms with Gasteiger partial charge in [-0.3, -0.25) is 0 Å². The largest absolute Gasteiger partial charge is 0.453 e. The summed E-state index contributed by atoms with van der Waals surface area (Å²) in [5.74, 6) is 0.608. The van der Waals surface area contributed by atoms with E-state index < -0.39 is 0 Å². The highest BCUT2D eigenvalue weighted by molar-refractivity contribution is 6.23. The molecular formula is C45H26N4O. The summed E-state index contributed by atoms with van der Waals surface area (Å²) in [6.45, 7) is 0. The van der Waals surface area contributed by atoms with E-state index in [1.54, 1.807) is 0 Å². The second-order valence-corrected chi connectivity index (χ2v) is 12.9. The van der Waals surface area contributed by atoms with Gasteiger partial charge in [0.05, 0.1) is 16.4 Å². The Balaban J connectivity index is 1.33. The first-order valence-electron chi connectivity index (χ1n) is 16.8. The highest BCUT2D eigenvalue weighted by Gasteiger charge is 2.19. The molecule has 5 nitrogen and oxygen atoms in total. The molecule has 11 rings (SSSR count). The van der Waals surface area contributed by atoms with E-state index in [1.807, 2.05) is 6.07 Å². The molecular weight excluding hydrogens is 613 g/mol. The zero-order valence-electron chi connectivity index (χ0n) is 26.7. The third-order valence-corrected chi connectivity index (χ3v) is 9.98. The molecule has 0 spiro atoms. The van der Waals surface area contributed by atoms with Crippen LogP contribution in [-0.2, 0) is 0 Å². The van der Waals surface area contributed by atoms with Gasteiger partial charge in [-0.05, 0) is 58.3 Å². The second-order valence-electron chi connectivity index (χ2n) is 12.9. The Morgan fingerprint density at radius 1 is 0.400 bits per heavy atom. The van der Waals surface area contributed by atoms with Gasteiger partial charge >= 0.3 is 0 Å². The minimum atomic E-state index is 0.569. The van der Waals surface area contributed by atoms with Crippen LogP contribution in [0.2, 0.25) is 0 Å². The number of hydrogen-bond donors (Lipinski definition) is 0. The molecule has 0 amide bonds. The van der Waals surface area contributed by atoms with Crippen LogP contribution < -0.4 is 0 Å². The highest BCUT2D eigenvalue weighted by Crippen LogP contribution is 2.40. The lowest BCUT2D eigenvalue weighted by molar-refractivity contribution is 0.675. The first-order valence-corrected chi connectivity index (χ1v) is 16.8. The number of para-hydroxylation sites is 2. The van der Waals surface area contributed by atoms with Crippen LogP contribution in [0, 0.1) is 0 Å². The highest BCUT2D eigenvalue weighted by atomic mass is 16.3. The predicted octanol–water partition coefficient (Wildman–Crippen LogP) is 11.7. The summed E-state index contributed by atoms with van der Waals surface area (Å²) in [6, 6.07) is 55.3. The molecule has 0 aliphatic heterocycles. The number of furan rings is 1. The summed E-state index contributed by atoms with van der Waals surface area (Å²) in [4.78, 5) is 15.3. The van der Waals surface area contributed by atoms with Gasteiger partial charge in [0.25, 0.3) is 0 Å². The van der Waals surface area contributed by atoms with Gasteiger partial charge < -0.3 is 8.82 Å². The number of hydrogen-bond acceptors (Lipinski definition) is 4. The molecule has 7 aromatic carbocycles. The fourth-order valence-electron chi connectivity index (χ4n) is 7.61. The third kappa shape index (κ3) is 3.98. The van der Waals surface area contributed by atoms with Gasteiger partial charge in [-0.15, -0.1) is 0 Å². The van der Waals surface area contributed by atoms with Crippen LogP contribution >= 0.6 is 0 Å². The maximum atomic E-state index is 7.00. The molecule has 0 saturated carbocycles. The standard InChI is InChI=1S/C45H26N4O/c1-2-9-27(10-3-1)28-19-21-29(22-20-28)43-46-44-32-13-6-11-30(25-32)31-12-7-14-33(26-31)49-39-18-5-4-15-34(39)35-23-24-37-36-16-8-17-38(45(47-43)48-44)41(36)50-42(37)40(35)49/h1-26H. The van der Waals surface area contributed by atoms with Crippen molar-refractivity contribution in [3.63, 3.8) is 0 Å². The summed E-state index contributed by atoms with van der Waals surface area (Å²) in [6.07, 6.45) is 0. The van der Waals surface area contributed by atoms with Crippen molar-refractivity contribution in [1.29, 1.82) is 0 Å². The molecule has 0 saturated heterocycles. The summed E-state index contributed by atoms with van der Waals surface area (Å²) < 4.78 is 9.34. The molecule has 0 N–H and O–H groups in total. The van der Waals surface area contributed by atoms with Crippen molar-refractivity contribution in [2.75, 3.05) is 0 Å². The van der Waals surface area contributed by atoms with E-state index in [0.717, 1.165) is 76.5 Å². The molecule has 0 fully saturated rings. The smallest absolute Gasteiger partial charge is 0.167 e. The molecule has 0 atom stereocenters. The lowest BCUT2D eigenvalue weighted by atomic mass is 10.0. The van der Waals surface area contributed by atoms with Crippen molar-refractivity contribution in [3.05, 3.63) is 158 Å². The SMILES string of the molecule is c1ccc(-c2ccc(-c3nc4nc(n3)c3cccc5c6ccc7c8ccccc8n(c8cccc(c8)c8cccc4c8)c7c6oc35)cc2)cc1. The van der Waals surface area contributed by atoms with Crippen LogP contribution in [0.4, 0.5) is 0 Å². The minimum absolute atomic E-state index is 0.569. The summed E-state index contributed by atoms with van der Waals surface area (Å²) in [5, 5.41) is 8.34.